The SMILES string of the molecule is CC(C)(C)OC(=O)C[C@@H](C(=O)N1CCC[C@H]1C(=O)Cc1cn2cc(C#Cc3ccccc3)sc2n1)c1ccccc1. The minimum Gasteiger partial charge on any atom is -0.460 e. The molecule has 7 nitrogen and oxygen atoms in total. The highest BCUT2D eigenvalue weighted by molar-refractivity contribution is 7.17. The summed E-state index contributed by atoms with van der Waals surface area (Å²) >= 11 is 1.47. The molecule has 210 valence electrons. The number of carbonyl (C=O) groups excluding carboxylic acids is 3. The summed E-state index contributed by atoms with van der Waals surface area (Å²) in [6.45, 7) is 5.89. The largest absolute Gasteiger partial charge is 0.460 e. The number of carbonyl (C=O) groups is 3. The Balaban J connectivity index is 1.28. The van der Waals surface area contributed by atoms with Crippen molar-refractivity contribution in [3.63, 3.8) is 0 Å². The van der Waals surface area contributed by atoms with E-state index in [4.69, 9.17) is 4.74 Å². The Hall–Kier alpha value is -4.22. The molecule has 1 saturated heterocycles. The van der Waals surface area contributed by atoms with Gasteiger partial charge in [0.15, 0.2) is 10.7 Å². The second-order valence-corrected chi connectivity index (χ2v) is 12.2. The molecule has 2 aromatic heterocycles. The van der Waals surface area contributed by atoms with Crippen LogP contribution in [0.3, 0.4) is 0 Å². The molecule has 4 aromatic rings. The molecular formula is C33H33N3O4S. The monoisotopic (exact) mass is 567 g/mol. The van der Waals surface area contributed by atoms with Crippen LogP contribution in [0.4, 0.5) is 0 Å². The summed E-state index contributed by atoms with van der Waals surface area (Å²) in [6.07, 6.45) is 5.16. The van der Waals surface area contributed by atoms with E-state index < -0.39 is 23.5 Å². The van der Waals surface area contributed by atoms with Crippen LogP contribution in [0, 0.1) is 11.8 Å². The molecule has 8 heteroatoms. The summed E-state index contributed by atoms with van der Waals surface area (Å²) in [5, 5.41) is 0. The lowest BCUT2D eigenvalue weighted by molar-refractivity contribution is -0.157. The number of rotatable bonds is 7. The molecule has 5 rings (SSSR count). The standard InChI is InChI=1S/C33H33N3O4S/c1-33(2,3)40-30(38)20-27(24-13-8-5-9-14-24)31(39)36-18-10-15-28(36)29(37)19-25-21-35-22-26(41-32(35)34-25)17-16-23-11-6-4-7-12-23/h4-9,11-14,21-22,27-28H,10,15,18-20H2,1-3H3/t27-,28+/m1/s1. The van der Waals surface area contributed by atoms with Crippen molar-refractivity contribution in [2.24, 2.45) is 0 Å². The van der Waals surface area contributed by atoms with Crippen molar-refractivity contribution in [2.75, 3.05) is 6.54 Å². The zero-order valence-corrected chi connectivity index (χ0v) is 24.3. The van der Waals surface area contributed by atoms with Crippen molar-refractivity contribution in [1.29, 1.82) is 0 Å². The van der Waals surface area contributed by atoms with E-state index in [-0.39, 0.29) is 24.5 Å². The van der Waals surface area contributed by atoms with Crippen molar-refractivity contribution >= 4 is 34.0 Å². The Bertz CT molecular complexity index is 1570. The Labute approximate surface area is 244 Å². The Morgan fingerprint density at radius 2 is 1.73 bits per heavy atom. The third-order valence-corrected chi connectivity index (χ3v) is 7.78. The summed E-state index contributed by atoms with van der Waals surface area (Å²) in [7, 11) is 0. The lowest BCUT2D eigenvalue weighted by atomic mass is 9.93. The number of hydrogen-bond donors (Lipinski definition) is 0. The van der Waals surface area contributed by atoms with E-state index in [9.17, 15) is 14.4 Å². The van der Waals surface area contributed by atoms with Gasteiger partial charge in [0, 0.05) is 24.5 Å². The van der Waals surface area contributed by atoms with Gasteiger partial charge in [0.25, 0.3) is 0 Å². The number of hydrogen-bond acceptors (Lipinski definition) is 6. The molecule has 0 aliphatic carbocycles. The zero-order valence-electron chi connectivity index (χ0n) is 23.5. The average Bonchev–Trinajstić information content (AvgIpc) is 3.66. The molecule has 2 aromatic carbocycles. The molecule has 0 bridgehead atoms. The predicted molar refractivity (Wildman–Crippen MR) is 159 cm³/mol. The van der Waals surface area contributed by atoms with E-state index in [1.165, 1.54) is 11.3 Å². The van der Waals surface area contributed by atoms with Gasteiger partial charge in [0.05, 0.1) is 35.4 Å². The molecule has 0 unspecified atom stereocenters. The van der Waals surface area contributed by atoms with E-state index in [0.29, 0.717) is 18.7 Å². The van der Waals surface area contributed by atoms with Gasteiger partial charge in [-0.05, 0) is 57.2 Å². The van der Waals surface area contributed by atoms with Gasteiger partial charge in [-0.3, -0.25) is 18.8 Å². The van der Waals surface area contributed by atoms with Gasteiger partial charge in [-0.15, -0.1) is 0 Å². The molecular weight excluding hydrogens is 534 g/mol. The number of ketones is 1. The number of imidazole rings is 1. The number of fused-ring (bicyclic) bond motifs is 1. The Morgan fingerprint density at radius 1 is 1.02 bits per heavy atom. The first-order valence-corrected chi connectivity index (χ1v) is 14.6. The highest BCUT2D eigenvalue weighted by Crippen LogP contribution is 2.29. The van der Waals surface area contributed by atoms with Gasteiger partial charge in [-0.1, -0.05) is 65.8 Å². The predicted octanol–water partition coefficient (Wildman–Crippen LogP) is 5.41. The number of nitrogens with zero attached hydrogens (tertiary/aromatic N) is 3. The lowest BCUT2D eigenvalue weighted by Gasteiger charge is -2.29. The van der Waals surface area contributed by atoms with Gasteiger partial charge in [0.2, 0.25) is 5.91 Å². The number of amides is 1. The van der Waals surface area contributed by atoms with Crippen molar-refractivity contribution in [3.05, 3.63) is 94.8 Å². The molecule has 2 atom stereocenters. The maximum absolute atomic E-state index is 13.9. The van der Waals surface area contributed by atoms with Crippen molar-refractivity contribution in [2.45, 2.75) is 64.0 Å². The van der Waals surface area contributed by atoms with E-state index in [1.807, 2.05) is 77.5 Å². The number of thiazole rings is 1. The molecule has 0 spiro atoms. The topological polar surface area (TPSA) is 81.0 Å². The third kappa shape index (κ3) is 7.11. The molecule has 3 heterocycles. The first-order chi connectivity index (χ1) is 19.7. The van der Waals surface area contributed by atoms with Gasteiger partial charge in [-0.2, -0.15) is 0 Å². The first-order valence-electron chi connectivity index (χ1n) is 13.8. The van der Waals surface area contributed by atoms with Crippen LogP contribution in [0.25, 0.3) is 4.96 Å². The zero-order chi connectivity index (χ0) is 29.0. The van der Waals surface area contributed by atoms with Crippen LogP contribution < -0.4 is 0 Å². The van der Waals surface area contributed by atoms with Crippen molar-refractivity contribution in [1.82, 2.24) is 14.3 Å². The average molecular weight is 568 g/mol. The summed E-state index contributed by atoms with van der Waals surface area (Å²) in [6, 6.07) is 18.5. The molecule has 41 heavy (non-hydrogen) atoms. The van der Waals surface area contributed by atoms with E-state index in [0.717, 1.165) is 27.4 Å². The number of benzene rings is 2. The van der Waals surface area contributed by atoms with Gasteiger partial charge >= 0.3 is 5.97 Å². The molecule has 0 N–H and O–H groups in total. The van der Waals surface area contributed by atoms with Gasteiger partial charge in [0.1, 0.15) is 5.60 Å². The van der Waals surface area contributed by atoms with Crippen LogP contribution in [-0.2, 0) is 25.5 Å². The maximum Gasteiger partial charge on any atom is 0.307 e. The summed E-state index contributed by atoms with van der Waals surface area (Å²) in [5.74, 6) is 4.91. The molecule has 0 radical (unpaired) electrons. The number of likely N-dealkylation sites (tertiary alicyclic amines) is 1. The van der Waals surface area contributed by atoms with E-state index in [2.05, 4.69) is 16.8 Å². The minimum absolute atomic E-state index is 0.0465. The fourth-order valence-corrected chi connectivity index (χ4v) is 5.93. The number of esters is 1. The van der Waals surface area contributed by atoms with Crippen LogP contribution in [0.15, 0.2) is 73.1 Å². The van der Waals surface area contributed by atoms with Gasteiger partial charge < -0.3 is 9.64 Å². The highest BCUT2D eigenvalue weighted by Gasteiger charge is 2.38. The molecule has 1 aliphatic rings. The normalized spacial score (nSPS) is 15.8. The van der Waals surface area contributed by atoms with Crippen molar-refractivity contribution < 1.29 is 19.1 Å². The fraction of sp³-hybridized carbons (Fsp3) is 0.333. The summed E-state index contributed by atoms with van der Waals surface area (Å²) in [4.78, 5) is 48.0. The smallest absolute Gasteiger partial charge is 0.307 e. The summed E-state index contributed by atoms with van der Waals surface area (Å²) in [5.41, 5.74) is 1.70. The third-order valence-electron chi connectivity index (χ3n) is 6.86. The fourth-order valence-electron chi connectivity index (χ4n) is 5.09. The molecule has 1 amide bonds. The quantitative estimate of drug-likeness (QED) is 0.220. The van der Waals surface area contributed by atoms with Crippen LogP contribution in [0.5, 0.6) is 0 Å². The number of ether oxygens (including phenoxy) is 1. The number of Topliss-reactive ketones (excluding diaryl/α,β-unsaturated/α-hetero) is 1. The lowest BCUT2D eigenvalue weighted by Crippen LogP contribution is -2.44. The second-order valence-electron chi connectivity index (χ2n) is 11.2. The van der Waals surface area contributed by atoms with Crippen LogP contribution in [-0.4, -0.2) is 50.1 Å². The van der Waals surface area contributed by atoms with E-state index >= 15 is 0 Å². The Morgan fingerprint density at radius 3 is 2.41 bits per heavy atom. The van der Waals surface area contributed by atoms with Crippen LogP contribution >= 0.6 is 11.3 Å². The van der Waals surface area contributed by atoms with E-state index in [1.54, 1.807) is 25.7 Å². The number of aromatic nitrogens is 2. The van der Waals surface area contributed by atoms with Crippen LogP contribution in [0.2, 0.25) is 0 Å². The Kier molecular flexibility index (Phi) is 8.36. The summed E-state index contributed by atoms with van der Waals surface area (Å²) < 4.78 is 7.42. The second kappa shape index (κ2) is 12.1. The highest BCUT2D eigenvalue weighted by atomic mass is 32.1. The first kappa shape index (κ1) is 28.3. The molecule has 0 saturated carbocycles. The van der Waals surface area contributed by atoms with Crippen molar-refractivity contribution in [3.8, 4) is 11.8 Å². The molecule has 1 aliphatic heterocycles. The van der Waals surface area contributed by atoms with Crippen LogP contribution in [0.1, 0.15) is 67.6 Å². The van der Waals surface area contributed by atoms with Gasteiger partial charge in [-0.25, -0.2) is 4.98 Å². The molecule has 1 fully saturated rings. The maximum atomic E-state index is 13.9. The minimum atomic E-state index is -0.715.